The number of ether oxygens (including phenoxy) is 1. The molecule has 0 saturated heterocycles. The zero-order valence-electron chi connectivity index (χ0n) is 13.4. The van der Waals surface area contributed by atoms with Gasteiger partial charge in [-0.15, -0.1) is 0 Å². The molecular formula is C18H25ClO2. The van der Waals surface area contributed by atoms with Crippen molar-refractivity contribution in [3.8, 4) is 5.75 Å². The molecule has 0 radical (unpaired) electrons. The lowest BCUT2D eigenvalue weighted by molar-refractivity contribution is -0.104. The van der Waals surface area contributed by atoms with Crippen LogP contribution in [0, 0.1) is 10.8 Å². The average Bonchev–Trinajstić information content (AvgIpc) is 2.25. The predicted octanol–water partition coefficient (Wildman–Crippen LogP) is 5.13. The van der Waals surface area contributed by atoms with Crippen molar-refractivity contribution in [2.24, 2.45) is 10.8 Å². The SMILES string of the molecule is CC1(C)CC(C)(C)CC2(C[C@H](O)c3cc(Cl)ccc3O2)C1. The lowest BCUT2D eigenvalue weighted by Crippen LogP contribution is -2.52. The molecule has 1 heterocycles. The highest BCUT2D eigenvalue weighted by Gasteiger charge is 2.51. The van der Waals surface area contributed by atoms with E-state index < -0.39 is 6.10 Å². The van der Waals surface area contributed by atoms with Crippen molar-refractivity contribution in [1.82, 2.24) is 0 Å². The van der Waals surface area contributed by atoms with Crippen molar-refractivity contribution in [2.75, 3.05) is 0 Å². The molecule has 1 aromatic rings. The Balaban J connectivity index is 1.99. The second-order valence-electron chi connectivity index (χ2n) is 8.55. The van der Waals surface area contributed by atoms with Gasteiger partial charge in [0, 0.05) is 17.0 Å². The maximum absolute atomic E-state index is 10.6. The van der Waals surface area contributed by atoms with E-state index in [0.29, 0.717) is 11.4 Å². The molecule has 1 N–H and O–H groups in total. The van der Waals surface area contributed by atoms with Gasteiger partial charge < -0.3 is 9.84 Å². The van der Waals surface area contributed by atoms with Crippen LogP contribution in [0.25, 0.3) is 0 Å². The van der Waals surface area contributed by atoms with Gasteiger partial charge in [-0.2, -0.15) is 0 Å². The lowest BCUT2D eigenvalue weighted by atomic mass is 9.58. The summed E-state index contributed by atoms with van der Waals surface area (Å²) in [6, 6.07) is 5.56. The molecule has 1 aliphatic heterocycles. The number of benzene rings is 1. The molecule has 0 bridgehead atoms. The van der Waals surface area contributed by atoms with Gasteiger partial charge in [0.25, 0.3) is 0 Å². The minimum atomic E-state index is -0.489. The molecule has 1 aromatic carbocycles. The Bertz CT molecular complexity index is 546. The van der Waals surface area contributed by atoms with Gasteiger partial charge in [0.15, 0.2) is 0 Å². The number of hydrogen-bond donors (Lipinski definition) is 1. The third-order valence-electron chi connectivity index (χ3n) is 4.78. The molecule has 1 aliphatic carbocycles. The van der Waals surface area contributed by atoms with E-state index in [4.69, 9.17) is 16.3 Å². The molecule has 0 aromatic heterocycles. The number of halogens is 1. The fourth-order valence-corrected chi connectivity index (χ4v) is 5.23. The minimum absolute atomic E-state index is 0.228. The highest BCUT2D eigenvalue weighted by atomic mass is 35.5. The first-order valence-electron chi connectivity index (χ1n) is 7.77. The third kappa shape index (κ3) is 2.93. The fraction of sp³-hybridized carbons (Fsp3) is 0.667. The smallest absolute Gasteiger partial charge is 0.126 e. The summed E-state index contributed by atoms with van der Waals surface area (Å²) < 4.78 is 6.44. The number of fused-ring (bicyclic) bond motifs is 1. The Morgan fingerprint density at radius 3 is 2.33 bits per heavy atom. The monoisotopic (exact) mass is 308 g/mol. The van der Waals surface area contributed by atoms with E-state index in [0.717, 1.165) is 24.2 Å². The summed E-state index contributed by atoms with van der Waals surface area (Å²) in [7, 11) is 0. The minimum Gasteiger partial charge on any atom is -0.487 e. The Hall–Kier alpha value is -0.730. The quantitative estimate of drug-likeness (QED) is 0.720. The maximum Gasteiger partial charge on any atom is 0.126 e. The van der Waals surface area contributed by atoms with Crippen LogP contribution in [0.15, 0.2) is 18.2 Å². The van der Waals surface area contributed by atoms with Crippen LogP contribution in [-0.4, -0.2) is 10.7 Å². The van der Waals surface area contributed by atoms with Gasteiger partial charge >= 0.3 is 0 Å². The second-order valence-corrected chi connectivity index (χ2v) is 8.98. The molecule has 0 amide bonds. The zero-order valence-corrected chi connectivity index (χ0v) is 14.1. The molecule has 0 unspecified atom stereocenters. The van der Waals surface area contributed by atoms with Crippen molar-refractivity contribution < 1.29 is 9.84 Å². The Labute approximate surface area is 132 Å². The molecular weight excluding hydrogens is 284 g/mol. The molecule has 1 fully saturated rings. The van der Waals surface area contributed by atoms with Crippen LogP contribution in [0.4, 0.5) is 0 Å². The summed E-state index contributed by atoms with van der Waals surface area (Å²) >= 11 is 6.04. The first kappa shape index (κ1) is 15.2. The number of rotatable bonds is 0. The van der Waals surface area contributed by atoms with Crippen molar-refractivity contribution in [3.63, 3.8) is 0 Å². The predicted molar refractivity (Wildman–Crippen MR) is 85.8 cm³/mol. The van der Waals surface area contributed by atoms with E-state index in [1.54, 1.807) is 0 Å². The summed E-state index contributed by atoms with van der Waals surface area (Å²) in [6.45, 7) is 9.23. The molecule has 1 spiro atoms. The van der Waals surface area contributed by atoms with Crippen LogP contribution in [-0.2, 0) is 0 Å². The average molecular weight is 309 g/mol. The molecule has 3 rings (SSSR count). The van der Waals surface area contributed by atoms with Gasteiger partial charge in [0.1, 0.15) is 11.4 Å². The Morgan fingerprint density at radius 1 is 1.10 bits per heavy atom. The molecule has 21 heavy (non-hydrogen) atoms. The van der Waals surface area contributed by atoms with E-state index in [2.05, 4.69) is 27.7 Å². The van der Waals surface area contributed by atoms with Crippen molar-refractivity contribution in [1.29, 1.82) is 0 Å². The zero-order chi connectivity index (χ0) is 15.5. The summed E-state index contributed by atoms with van der Waals surface area (Å²) in [5, 5.41) is 11.3. The fourth-order valence-electron chi connectivity index (χ4n) is 5.05. The molecule has 1 atom stereocenters. The summed E-state index contributed by atoms with van der Waals surface area (Å²) in [4.78, 5) is 0. The molecule has 116 valence electrons. The Kier molecular flexibility index (Phi) is 3.35. The summed E-state index contributed by atoms with van der Waals surface area (Å²) in [6.07, 6.45) is 3.34. The highest BCUT2D eigenvalue weighted by Crippen LogP contribution is 2.56. The van der Waals surface area contributed by atoms with Gasteiger partial charge in [-0.05, 0) is 48.3 Å². The van der Waals surface area contributed by atoms with Crippen LogP contribution in [0.3, 0.4) is 0 Å². The van der Waals surface area contributed by atoms with Crippen LogP contribution in [0.5, 0.6) is 5.75 Å². The van der Waals surface area contributed by atoms with Gasteiger partial charge in [-0.1, -0.05) is 39.3 Å². The standard InChI is InChI=1S/C18H25ClO2/c1-16(2)9-17(3,4)11-18(10-16)8-14(20)13-7-12(19)5-6-15(13)21-18/h5-7,14,20H,8-11H2,1-4H3/t14-/m0/s1. The maximum atomic E-state index is 10.6. The van der Waals surface area contributed by atoms with Crippen molar-refractivity contribution >= 4 is 11.6 Å². The molecule has 2 nitrogen and oxygen atoms in total. The van der Waals surface area contributed by atoms with E-state index in [-0.39, 0.29) is 16.4 Å². The van der Waals surface area contributed by atoms with Crippen molar-refractivity contribution in [3.05, 3.63) is 28.8 Å². The van der Waals surface area contributed by atoms with Gasteiger partial charge in [0.05, 0.1) is 6.10 Å². The van der Waals surface area contributed by atoms with Gasteiger partial charge in [-0.25, -0.2) is 0 Å². The number of hydrogen-bond acceptors (Lipinski definition) is 2. The summed E-state index contributed by atoms with van der Waals surface area (Å²) in [5.74, 6) is 0.798. The van der Waals surface area contributed by atoms with E-state index in [1.165, 1.54) is 6.42 Å². The van der Waals surface area contributed by atoms with E-state index in [1.807, 2.05) is 18.2 Å². The van der Waals surface area contributed by atoms with Crippen LogP contribution < -0.4 is 4.74 Å². The summed E-state index contributed by atoms with van der Waals surface area (Å²) in [5.41, 5.74) is 1.02. The number of aliphatic hydroxyl groups is 1. The van der Waals surface area contributed by atoms with Crippen LogP contribution in [0.1, 0.15) is 65.0 Å². The third-order valence-corrected chi connectivity index (χ3v) is 5.02. The Morgan fingerprint density at radius 2 is 1.71 bits per heavy atom. The second kappa shape index (κ2) is 4.63. The van der Waals surface area contributed by atoms with E-state index >= 15 is 0 Å². The normalized spacial score (nSPS) is 28.8. The van der Waals surface area contributed by atoms with Gasteiger partial charge in [0.2, 0.25) is 0 Å². The van der Waals surface area contributed by atoms with Crippen LogP contribution in [0.2, 0.25) is 5.02 Å². The first-order chi connectivity index (χ1) is 9.60. The highest BCUT2D eigenvalue weighted by molar-refractivity contribution is 6.30. The van der Waals surface area contributed by atoms with Crippen LogP contribution >= 0.6 is 11.6 Å². The molecule has 1 saturated carbocycles. The van der Waals surface area contributed by atoms with E-state index in [9.17, 15) is 5.11 Å². The number of aliphatic hydroxyl groups excluding tert-OH is 1. The van der Waals surface area contributed by atoms with Gasteiger partial charge in [-0.3, -0.25) is 0 Å². The van der Waals surface area contributed by atoms with Crippen molar-refractivity contribution in [2.45, 2.75) is 65.1 Å². The largest absolute Gasteiger partial charge is 0.487 e. The molecule has 2 aliphatic rings. The topological polar surface area (TPSA) is 29.5 Å². The first-order valence-corrected chi connectivity index (χ1v) is 8.14. The lowest BCUT2D eigenvalue weighted by Gasteiger charge is -2.54. The molecule has 3 heteroatoms.